The smallest absolute Gasteiger partial charge is 0.309 e. The molecule has 2 fully saturated rings. The molecule has 3 aromatic heterocycles. The monoisotopic (exact) mass is 721 g/mol. The summed E-state index contributed by atoms with van der Waals surface area (Å²) >= 11 is 13.9. The molecular formula is C35H31Cl2F2N7O4. The van der Waals surface area contributed by atoms with Crippen molar-refractivity contribution in [1.82, 2.24) is 29.6 Å². The number of rotatable bonds is 10. The van der Waals surface area contributed by atoms with Crippen LogP contribution in [0, 0.1) is 17.8 Å². The lowest BCUT2D eigenvalue weighted by atomic mass is 10.0. The quantitative estimate of drug-likeness (QED) is 0.156. The number of methoxy groups -OCH3 is 1. The summed E-state index contributed by atoms with van der Waals surface area (Å²) in [5.74, 6) is 0.771. The number of nitrogens with zero attached hydrogens (tertiary/aromatic N) is 6. The van der Waals surface area contributed by atoms with Gasteiger partial charge in [0.2, 0.25) is 5.88 Å². The van der Waals surface area contributed by atoms with Crippen molar-refractivity contribution in [3.63, 3.8) is 0 Å². The number of likely N-dealkylation sites (tertiary alicyclic amines) is 1. The van der Waals surface area contributed by atoms with Crippen LogP contribution < -0.4 is 15.6 Å². The number of carbonyl (C=O) groups excluding carboxylic acids is 1. The molecule has 0 amide bonds. The summed E-state index contributed by atoms with van der Waals surface area (Å²) in [4.78, 5) is 40.9. The molecule has 1 saturated carbocycles. The SMILES string of the molecule is CCOC(=O)C1C2CN(Cc3ncc(-c4cccc(-c5cccc(Nc6nc(C(F)F)cc7cnn(C)c(=O)c67)c5Cl)c4Cl)nc3OC)CC21. The third kappa shape index (κ3) is 6.14. The van der Waals surface area contributed by atoms with Crippen LogP contribution in [0.5, 0.6) is 5.88 Å². The Hall–Kier alpha value is -4.72. The zero-order chi connectivity index (χ0) is 35.3. The highest BCUT2D eigenvalue weighted by Gasteiger charge is 2.60. The number of piperidine rings is 1. The van der Waals surface area contributed by atoms with E-state index in [0.29, 0.717) is 69.7 Å². The number of nitrogens with one attached hydrogen (secondary N) is 1. The van der Waals surface area contributed by atoms with Crippen LogP contribution in [-0.2, 0) is 23.1 Å². The first kappa shape index (κ1) is 33.8. The van der Waals surface area contributed by atoms with Gasteiger partial charge in [0, 0.05) is 48.8 Å². The predicted molar refractivity (Wildman–Crippen MR) is 185 cm³/mol. The number of hydrogen-bond acceptors (Lipinski definition) is 10. The van der Waals surface area contributed by atoms with Crippen molar-refractivity contribution in [1.29, 1.82) is 0 Å². The Morgan fingerprint density at radius 3 is 2.44 bits per heavy atom. The molecule has 7 rings (SSSR count). The van der Waals surface area contributed by atoms with E-state index >= 15 is 0 Å². The van der Waals surface area contributed by atoms with Gasteiger partial charge in [-0.25, -0.2) is 23.4 Å². The average molecular weight is 723 g/mol. The minimum absolute atomic E-state index is 0.0131. The number of esters is 1. The number of halogens is 4. The second-order valence-electron chi connectivity index (χ2n) is 12.2. The van der Waals surface area contributed by atoms with Crippen LogP contribution in [0.1, 0.15) is 24.7 Å². The first-order valence-corrected chi connectivity index (χ1v) is 16.6. The third-order valence-electron chi connectivity index (χ3n) is 9.19. The lowest BCUT2D eigenvalue weighted by Gasteiger charge is -2.20. The van der Waals surface area contributed by atoms with Crippen LogP contribution in [0.25, 0.3) is 33.2 Å². The number of ether oxygens (including phenoxy) is 2. The van der Waals surface area contributed by atoms with Crippen LogP contribution in [-0.4, -0.2) is 62.4 Å². The van der Waals surface area contributed by atoms with Crippen molar-refractivity contribution < 1.29 is 23.0 Å². The molecule has 15 heteroatoms. The normalized spacial score (nSPS) is 18.4. The highest BCUT2D eigenvalue weighted by atomic mass is 35.5. The van der Waals surface area contributed by atoms with E-state index in [1.807, 2.05) is 19.1 Å². The first-order valence-electron chi connectivity index (χ1n) is 15.9. The van der Waals surface area contributed by atoms with E-state index in [4.69, 9.17) is 37.7 Å². The van der Waals surface area contributed by atoms with Crippen LogP contribution in [0.2, 0.25) is 10.0 Å². The van der Waals surface area contributed by atoms with E-state index in [9.17, 15) is 18.4 Å². The maximum Gasteiger partial charge on any atom is 0.309 e. The van der Waals surface area contributed by atoms with Gasteiger partial charge < -0.3 is 14.8 Å². The van der Waals surface area contributed by atoms with Gasteiger partial charge in [0.1, 0.15) is 17.2 Å². The van der Waals surface area contributed by atoms with Gasteiger partial charge in [-0.15, -0.1) is 0 Å². The number of aromatic nitrogens is 5. The maximum atomic E-state index is 13.7. The van der Waals surface area contributed by atoms with Crippen LogP contribution in [0.3, 0.4) is 0 Å². The van der Waals surface area contributed by atoms with Crippen molar-refractivity contribution in [2.24, 2.45) is 24.8 Å². The zero-order valence-electron chi connectivity index (χ0n) is 27.2. The van der Waals surface area contributed by atoms with Crippen molar-refractivity contribution in [2.45, 2.75) is 19.9 Å². The molecule has 2 aliphatic rings. The summed E-state index contributed by atoms with van der Waals surface area (Å²) in [6.45, 7) is 4.29. The Morgan fingerprint density at radius 1 is 1.04 bits per heavy atom. The minimum Gasteiger partial charge on any atom is -0.480 e. The highest BCUT2D eigenvalue weighted by Crippen LogP contribution is 2.52. The molecule has 2 unspecified atom stereocenters. The summed E-state index contributed by atoms with van der Waals surface area (Å²) in [5, 5.41) is 7.83. The van der Waals surface area contributed by atoms with Crippen LogP contribution in [0.4, 0.5) is 20.3 Å². The molecule has 5 aromatic rings. The van der Waals surface area contributed by atoms with Crippen LogP contribution >= 0.6 is 23.2 Å². The minimum atomic E-state index is -2.88. The van der Waals surface area contributed by atoms with E-state index < -0.39 is 17.7 Å². The zero-order valence-corrected chi connectivity index (χ0v) is 28.7. The molecule has 0 spiro atoms. The van der Waals surface area contributed by atoms with Crippen molar-refractivity contribution in [3.8, 4) is 28.3 Å². The number of anilines is 2. The van der Waals surface area contributed by atoms with Gasteiger partial charge >= 0.3 is 5.97 Å². The van der Waals surface area contributed by atoms with Gasteiger partial charge in [-0.05, 0) is 30.9 Å². The summed E-state index contributed by atoms with van der Waals surface area (Å²) in [6, 6.07) is 11.7. The van der Waals surface area contributed by atoms with Crippen molar-refractivity contribution in [3.05, 3.63) is 86.6 Å². The van der Waals surface area contributed by atoms with Gasteiger partial charge in [-0.1, -0.05) is 53.5 Å². The van der Waals surface area contributed by atoms with Gasteiger partial charge in [0.25, 0.3) is 12.0 Å². The number of benzene rings is 2. The van der Waals surface area contributed by atoms with Crippen molar-refractivity contribution >= 4 is 51.4 Å². The average Bonchev–Trinajstić information content (AvgIpc) is 3.62. The Kier molecular flexibility index (Phi) is 9.14. The van der Waals surface area contributed by atoms with Crippen molar-refractivity contribution in [2.75, 3.05) is 32.1 Å². The summed E-state index contributed by atoms with van der Waals surface area (Å²) < 4.78 is 39.4. The van der Waals surface area contributed by atoms with Crippen LogP contribution in [0.15, 0.2) is 59.7 Å². The number of pyridine rings is 1. The fourth-order valence-electron chi connectivity index (χ4n) is 6.72. The fraction of sp³-hybridized carbons (Fsp3) is 0.314. The molecule has 1 N–H and O–H groups in total. The topological polar surface area (TPSA) is 124 Å². The Bertz CT molecular complexity index is 2190. The largest absolute Gasteiger partial charge is 0.480 e. The number of hydrogen-bond donors (Lipinski definition) is 1. The molecule has 4 heterocycles. The second kappa shape index (κ2) is 13.5. The van der Waals surface area contributed by atoms with E-state index in [-0.39, 0.29) is 33.5 Å². The molecule has 1 aliphatic carbocycles. The molecule has 0 bridgehead atoms. The lowest BCUT2D eigenvalue weighted by molar-refractivity contribution is -0.145. The molecule has 2 atom stereocenters. The van der Waals surface area contributed by atoms with E-state index in [1.54, 1.807) is 30.5 Å². The number of aryl methyl sites for hydroxylation is 1. The Labute approximate surface area is 295 Å². The number of fused-ring (bicyclic) bond motifs is 2. The molecule has 2 aromatic carbocycles. The molecule has 0 radical (unpaired) electrons. The van der Waals surface area contributed by atoms with E-state index in [0.717, 1.165) is 23.8 Å². The number of alkyl halides is 2. The Morgan fingerprint density at radius 2 is 1.74 bits per heavy atom. The van der Waals surface area contributed by atoms with Gasteiger partial charge in [0.15, 0.2) is 0 Å². The predicted octanol–water partition coefficient (Wildman–Crippen LogP) is 6.69. The van der Waals surface area contributed by atoms with Gasteiger partial charge in [0.05, 0.1) is 58.8 Å². The van der Waals surface area contributed by atoms with E-state index in [1.165, 1.54) is 20.4 Å². The second-order valence-corrected chi connectivity index (χ2v) is 13.0. The van der Waals surface area contributed by atoms with Gasteiger partial charge in [-0.3, -0.25) is 19.5 Å². The molecule has 11 nitrogen and oxygen atoms in total. The summed E-state index contributed by atoms with van der Waals surface area (Å²) in [6.07, 6.45) is 0.0999. The standard InChI is InChI=1S/C35H31Cl2F2N7O4/c1-4-50-35(48)28-21-14-46(15-22(21)28)16-26-33(49-3)44-25(13-40-26)20-9-5-7-18(29(20)36)19-8-6-10-23(30(19)37)42-32-27-17(11-24(43-32)31(38)39)12-41-45(2)34(27)47/h5-13,21-22,28,31H,4,14-16H2,1-3H3,(H,42,43). The molecule has 1 saturated heterocycles. The summed E-state index contributed by atoms with van der Waals surface area (Å²) in [5.41, 5.74) is 2.16. The highest BCUT2D eigenvalue weighted by molar-refractivity contribution is 6.39. The summed E-state index contributed by atoms with van der Waals surface area (Å²) in [7, 11) is 3.00. The Balaban J connectivity index is 1.16. The molecular weight excluding hydrogens is 691 g/mol. The molecule has 50 heavy (non-hydrogen) atoms. The maximum absolute atomic E-state index is 13.7. The lowest BCUT2D eigenvalue weighted by Crippen LogP contribution is -2.27. The fourth-order valence-corrected chi connectivity index (χ4v) is 7.32. The van der Waals surface area contributed by atoms with E-state index in [2.05, 4.69) is 25.3 Å². The molecule has 258 valence electrons. The number of carbonyl (C=O) groups is 1. The molecule has 1 aliphatic heterocycles. The van der Waals surface area contributed by atoms with Gasteiger partial charge in [-0.2, -0.15) is 5.10 Å². The first-order chi connectivity index (χ1) is 24.1. The third-order valence-corrected chi connectivity index (χ3v) is 10.0.